The minimum Gasteiger partial charge on any atom is -0.347 e. The summed E-state index contributed by atoms with van der Waals surface area (Å²) in [6.45, 7) is 1.72. The Hall–Kier alpha value is -2.70. The quantitative estimate of drug-likeness (QED) is 0.657. The highest BCUT2D eigenvalue weighted by Crippen LogP contribution is 2.26. The molecule has 2 N–H and O–H groups in total. The SMILES string of the molecule is Cc1ccc(Nc2cc(=O)[nH]cc2[N+](=O)[O-])c(F)c1. The molecule has 0 amide bonds. The van der Waals surface area contributed by atoms with Crippen LogP contribution in [0.5, 0.6) is 0 Å². The number of rotatable bonds is 3. The summed E-state index contributed by atoms with van der Waals surface area (Å²) in [4.78, 5) is 23.5. The molecule has 1 heterocycles. The van der Waals surface area contributed by atoms with E-state index in [9.17, 15) is 19.3 Å². The number of hydrogen-bond acceptors (Lipinski definition) is 4. The van der Waals surface area contributed by atoms with E-state index in [0.29, 0.717) is 0 Å². The van der Waals surface area contributed by atoms with Gasteiger partial charge in [0, 0.05) is 6.07 Å². The zero-order valence-electron chi connectivity index (χ0n) is 9.94. The third-order valence-corrected chi connectivity index (χ3v) is 2.49. The first-order valence-corrected chi connectivity index (χ1v) is 5.37. The molecule has 98 valence electrons. The Morgan fingerprint density at radius 1 is 1.32 bits per heavy atom. The number of aromatic amines is 1. The number of halogens is 1. The molecule has 0 aliphatic heterocycles. The van der Waals surface area contributed by atoms with Gasteiger partial charge in [-0.05, 0) is 24.6 Å². The topological polar surface area (TPSA) is 88.0 Å². The Kier molecular flexibility index (Phi) is 3.28. The van der Waals surface area contributed by atoms with Gasteiger partial charge in [0.05, 0.1) is 16.8 Å². The van der Waals surface area contributed by atoms with E-state index >= 15 is 0 Å². The lowest BCUT2D eigenvalue weighted by atomic mass is 10.2. The lowest BCUT2D eigenvalue weighted by Gasteiger charge is -2.08. The van der Waals surface area contributed by atoms with Gasteiger partial charge in [0.2, 0.25) is 5.56 Å². The molecule has 0 spiro atoms. The summed E-state index contributed by atoms with van der Waals surface area (Å²) in [7, 11) is 0. The summed E-state index contributed by atoms with van der Waals surface area (Å²) in [6.07, 6.45) is 0.969. The first-order chi connectivity index (χ1) is 8.97. The predicted octanol–water partition coefficient (Wildman–Crippen LogP) is 2.47. The molecule has 0 unspecified atom stereocenters. The van der Waals surface area contributed by atoms with Gasteiger partial charge in [-0.25, -0.2) is 4.39 Å². The first kappa shape index (κ1) is 12.7. The fourth-order valence-corrected chi connectivity index (χ4v) is 1.58. The Labute approximate surface area is 107 Å². The normalized spacial score (nSPS) is 10.2. The first-order valence-electron chi connectivity index (χ1n) is 5.37. The molecule has 6 nitrogen and oxygen atoms in total. The summed E-state index contributed by atoms with van der Waals surface area (Å²) in [6, 6.07) is 5.42. The fraction of sp³-hybridized carbons (Fsp3) is 0.0833. The standard InChI is InChI=1S/C12H10FN3O3/c1-7-2-3-9(8(13)4-7)15-10-5-12(17)14-6-11(10)16(18)19/h2-6H,1H3,(H2,14,15,17). The van der Waals surface area contributed by atoms with Crippen molar-refractivity contribution in [2.24, 2.45) is 0 Å². The predicted molar refractivity (Wildman–Crippen MR) is 68.1 cm³/mol. The molecule has 0 radical (unpaired) electrons. The number of H-pyrrole nitrogens is 1. The summed E-state index contributed by atoms with van der Waals surface area (Å²) < 4.78 is 13.7. The number of nitrogens with one attached hydrogen (secondary N) is 2. The van der Waals surface area contributed by atoms with Crippen molar-refractivity contribution < 1.29 is 9.31 Å². The summed E-state index contributed by atoms with van der Waals surface area (Å²) in [5, 5.41) is 13.4. The Balaban J connectivity index is 2.45. The zero-order valence-corrected chi connectivity index (χ0v) is 9.94. The second-order valence-corrected chi connectivity index (χ2v) is 3.96. The van der Waals surface area contributed by atoms with Crippen LogP contribution < -0.4 is 10.9 Å². The van der Waals surface area contributed by atoms with E-state index in [4.69, 9.17) is 0 Å². The minimum atomic E-state index is -0.662. The molecule has 1 aromatic heterocycles. The molecular formula is C12H10FN3O3. The molecule has 19 heavy (non-hydrogen) atoms. The van der Waals surface area contributed by atoms with Crippen LogP contribution in [0.15, 0.2) is 35.3 Å². The van der Waals surface area contributed by atoms with Gasteiger partial charge in [-0.3, -0.25) is 14.9 Å². The van der Waals surface area contributed by atoms with Gasteiger partial charge in [0.25, 0.3) is 0 Å². The van der Waals surface area contributed by atoms with Crippen molar-refractivity contribution in [2.45, 2.75) is 6.92 Å². The van der Waals surface area contributed by atoms with Crippen LogP contribution in [0.1, 0.15) is 5.56 Å². The number of anilines is 2. The highest BCUT2D eigenvalue weighted by atomic mass is 19.1. The van der Waals surface area contributed by atoms with E-state index in [0.717, 1.165) is 17.8 Å². The van der Waals surface area contributed by atoms with Crippen molar-refractivity contribution in [3.8, 4) is 0 Å². The van der Waals surface area contributed by atoms with Gasteiger partial charge >= 0.3 is 5.69 Å². The smallest absolute Gasteiger partial charge is 0.308 e. The maximum absolute atomic E-state index is 13.7. The number of hydrogen-bond donors (Lipinski definition) is 2. The van der Waals surface area contributed by atoms with Gasteiger partial charge in [-0.15, -0.1) is 0 Å². The number of benzene rings is 1. The molecule has 0 bridgehead atoms. The van der Waals surface area contributed by atoms with Gasteiger partial charge in [0.1, 0.15) is 11.5 Å². The maximum Gasteiger partial charge on any atom is 0.308 e. The lowest BCUT2D eigenvalue weighted by Crippen LogP contribution is -2.08. The number of nitro groups is 1. The molecule has 0 saturated carbocycles. The van der Waals surface area contributed by atoms with E-state index in [-0.39, 0.29) is 17.1 Å². The third kappa shape index (κ3) is 2.76. The molecule has 1 aromatic carbocycles. The Morgan fingerprint density at radius 3 is 2.68 bits per heavy atom. The van der Waals surface area contributed by atoms with Crippen LogP contribution >= 0.6 is 0 Å². The average Bonchev–Trinajstić information content (AvgIpc) is 2.32. The fourth-order valence-electron chi connectivity index (χ4n) is 1.58. The molecular weight excluding hydrogens is 253 g/mol. The van der Waals surface area contributed by atoms with Crippen molar-refractivity contribution in [3.63, 3.8) is 0 Å². The highest BCUT2D eigenvalue weighted by molar-refractivity contribution is 5.68. The maximum atomic E-state index is 13.7. The summed E-state index contributed by atoms with van der Waals surface area (Å²) >= 11 is 0. The number of nitrogens with zero attached hydrogens (tertiary/aromatic N) is 1. The van der Waals surface area contributed by atoms with Crippen molar-refractivity contribution >= 4 is 17.1 Å². The van der Waals surface area contributed by atoms with E-state index in [2.05, 4.69) is 10.3 Å². The van der Waals surface area contributed by atoms with Crippen LogP contribution in [0.3, 0.4) is 0 Å². The summed E-state index contributed by atoms with van der Waals surface area (Å²) in [5.41, 5.74) is -0.112. The van der Waals surface area contributed by atoms with E-state index in [1.54, 1.807) is 13.0 Å². The summed E-state index contributed by atoms with van der Waals surface area (Å²) in [5.74, 6) is -0.547. The Bertz CT molecular complexity index is 697. The molecule has 2 aromatic rings. The van der Waals surface area contributed by atoms with E-state index < -0.39 is 16.3 Å². The van der Waals surface area contributed by atoms with Crippen LogP contribution in [0, 0.1) is 22.9 Å². The number of aromatic nitrogens is 1. The molecule has 7 heteroatoms. The molecule has 0 saturated heterocycles. The van der Waals surface area contributed by atoms with Crippen molar-refractivity contribution in [1.29, 1.82) is 0 Å². The van der Waals surface area contributed by atoms with Crippen LogP contribution in [0.4, 0.5) is 21.5 Å². The van der Waals surface area contributed by atoms with Crippen LogP contribution in [-0.2, 0) is 0 Å². The average molecular weight is 263 g/mol. The number of pyridine rings is 1. The largest absolute Gasteiger partial charge is 0.347 e. The monoisotopic (exact) mass is 263 g/mol. The second kappa shape index (κ2) is 4.89. The number of aryl methyl sites for hydroxylation is 1. The van der Waals surface area contributed by atoms with Crippen LogP contribution in [-0.4, -0.2) is 9.91 Å². The Morgan fingerprint density at radius 2 is 2.05 bits per heavy atom. The zero-order chi connectivity index (χ0) is 14.0. The van der Waals surface area contributed by atoms with Crippen LogP contribution in [0.25, 0.3) is 0 Å². The van der Waals surface area contributed by atoms with E-state index in [1.165, 1.54) is 12.1 Å². The van der Waals surface area contributed by atoms with Crippen molar-refractivity contribution in [3.05, 3.63) is 62.3 Å². The molecule has 0 fully saturated rings. The second-order valence-electron chi connectivity index (χ2n) is 3.96. The molecule has 0 atom stereocenters. The molecule has 0 aliphatic carbocycles. The van der Waals surface area contributed by atoms with Crippen molar-refractivity contribution in [1.82, 2.24) is 4.98 Å². The third-order valence-electron chi connectivity index (χ3n) is 2.49. The molecule has 2 rings (SSSR count). The van der Waals surface area contributed by atoms with Crippen LogP contribution in [0.2, 0.25) is 0 Å². The van der Waals surface area contributed by atoms with Gasteiger partial charge in [0.15, 0.2) is 0 Å². The minimum absolute atomic E-state index is 0.0588. The van der Waals surface area contributed by atoms with Gasteiger partial charge in [-0.1, -0.05) is 6.07 Å². The van der Waals surface area contributed by atoms with Crippen molar-refractivity contribution in [2.75, 3.05) is 5.32 Å². The van der Waals surface area contributed by atoms with Gasteiger partial charge in [-0.2, -0.15) is 0 Å². The molecule has 0 aliphatic rings. The van der Waals surface area contributed by atoms with Gasteiger partial charge < -0.3 is 10.3 Å². The lowest BCUT2D eigenvalue weighted by molar-refractivity contribution is -0.384. The van der Waals surface area contributed by atoms with E-state index in [1.807, 2.05) is 0 Å². The highest BCUT2D eigenvalue weighted by Gasteiger charge is 2.15.